The number of halogens is 1. The van der Waals surface area contributed by atoms with Gasteiger partial charge < -0.3 is 14.0 Å². The Morgan fingerprint density at radius 1 is 1.17 bits per heavy atom. The number of nitrogens with one attached hydrogen (secondary N) is 1. The number of amides is 1. The average Bonchev–Trinajstić information content (AvgIpc) is 3.47. The minimum atomic E-state index is -0.366. The van der Waals surface area contributed by atoms with E-state index in [4.69, 9.17) is 25.6 Å². The second kappa shape index (κ2) is 7.47. The molecule has 1 N–H and O–H groups in total. The molecule has 0 atom stereocenters. The second-order valence-electron chi connectivity index (χ2n) is 6.50. The first-order valence-corrected chi connectivity index (χ1v) is 10.2. The molecule has 0 spiro atoms. The lowest BCUT2D eigenvalue weighted by Gasteiger charge is -2.04. The lowest BCUT2D eigenvalue weighted by atomic mass is 10.1. The molecule has 5 rings (SSSR count). The summed E-state index contributed by atoms with van der Waals surface area (Å²) in [6.07, 6.45) is 0. The molecule has 4 aromatic rings. The van der Waals surface area contributed by atoms with Crippen LogP contribution < -0.4 is 14.8 Å². The minimum absolute atomic E-state index is 0.211. The number of nitrogens with zero attached hydrogens (tertiary/aromatic N) is 2. The van der Waals surface area contributed by atoms with Crippen molar-refractivity contribution in [3.8, 4) is 34.0 Å². The number of hydrogen-bond acceptors (Lipinski definition) is 7. The van der Waals surface area contributed by atoms with Gasteiger partial charge in [-0.2, -0.15) is 0 Å². The van der Waals surface area contributed by atoms with Crippen LogP contribution in [0.3, 0.4) is 0 Å². The van der Waals surface area contributed by atoms with E-state index in [0.717, 1.165) is 11.3 Å². The first kappa shape index (κ1) is 18.7. The second-order valence-corrected chi connectivity index (χ2v) is 7.77. The average molecular weight is 440 g/mol. The van der Waals surface area contributed by atoms with Crippen molar-refractivity contribution < 1.29 is 18.8 Å². The van der Waals surface area contributed by atoms with Crippen LogP contribution in [0.15, 0.2) is 52.4 Å². The standard InChI is InChI=1S/C21H14ClN3O4S/c1-11-18(19(25-29-11)13-4-2-3-5-14(13)22)20(26)24-21-23-15(9-30-21)12-6-7-16-17(8-12)28-10-27-16/h2-9H,10H2,1H3,(H,23,24,26). The van der Waals surface area contributed by atoms with E-state index >= 15 is 0 Å². The first-order chi connectivity index (χ1) is 14.6. The molecule has 0 saturated heterocycles. The molecule has 9 heteroatoms. The van der Waals surface area contributed by atoms with Crippen molar-refractivity contribution in [3.63, 3.8) is 0 Å². The van der Waals surface area contributed by atoms with Crippen LogP contribution in [0.25, 0.3) is 22.5 Å². The van der Waals surface area contributed by atoms with Crippen molar-refractivity contribution in [2.45, 2.75) is 6.92 Å². The van der Waals surface area contributed by atoms with Crippen molar-refractivity contribution in [2.75, 3.05) is 12.1 Å². The first-order valence-electron chi connectivity index (χ1n) is 8.98. The van der Waals surface area contributed by atoms with Gasteiger partial charge in [-0.05, 0) is 31.2 Å². The van der Waals surface area contributed by atoms with Gasteiger partial charge in [0.05, 0.1) is 10.7 Å². The fourth-order valence-corrected chi connectivity index (χ4v) is 4.10. The zero-order valence-electron chi connectivity index (χ0n) is 15.6. The van der Waals surface area contributed by atoms with Crippen molar-refractivity contribution in [1.82, 2.24) is 10.1 Å². The third-order valence-corrected chi connectivity index (χ3v) is 5.70. The third-order valence-electron chi connectivity index (χ3n) is 4.61. The number of ether oxygens (including phenoxy) is 2. The number of fused-ring (bicyclic) bond motifs is 1. The molecule has 2 aromatic heterocycles. The van der Waals surface area contributed by atoms with E-state index < -0.39 is 0 Å². The summed E-state index contributed by atoms with van der Waals surface area (Å²) < 4.78 is 16.0. The van der Waals surface area contributed by atoms with Gasteiger partial charge in [-0.3, -0.25) is 10.1 Å². The summed E-state index contributed by atoms with van der Waals surface area (Å²) in [4.78, 5) is 17.5. The van der Waals surface area contributed by atoms with Gasteiger partial charge in [0.2, 0.25) is 6.79 Å². The van der Waals surface area contributed by atoms with Crippen LogP contribution in [0.4, 0.5) is 5.13 Å². The van der Waals surface area contributed by atoms with Crippen molar-refractivity contribution in [2.24, 2.45) is 0 Å². The Morgan fingerprint density at radius 3 is 2.87 bits per heavy atom. The molecule has 0 bridgehead atoms. The molecule has 1 aliphatic heterocycles. The van der Waals surface area contributed by atoms with Gasteiger partial charge in [0.15, 0.2) is 16.6 Å². The Kier molecular flexibility index (Phi) is 4.65. The number of carbonyl (C=O) groups is 1. The lowest BCUT2D eigenvalue weighted by molar-refractivity contribution is 0.102. The molecular weight excluding hydrogens is 426 g/mol. The maximum absolute atomic E-state index is 13.0. The Labute approximate surface area is 180 Å². The summed E-state index contributed by atoms with van der Waals surface area (Å²) in [6.45, 7) is 1.89. The number of aromatic nitrogens is 2. The summed E-state index contributed by atoms with van der Waals surface area (Å²) >= 11 is 7.60. The lowest BCUT2D eigenvalue weighted by Crippen LogP contribution is -2.13. The molecule has 0 unspecified atom stereocenters. The maximum Gasteiger partial charge on any atom is 0.263 e. The molecule has 0 saturated carbocycles. The van der Waals surface area contributed by atoms with Crippen LogP contribution >= 0.6 is 22.9 Å². The zero-order valence-corrected chi connectivity index (χ0v) is 17.2. The Hall–Kier alpha value is -3.36. The number of anilines is 1. The highest BCUT2D eigenvalue weighted by atomic mass is 35.5. The number of rotatable bonds is 4. The quantitative estimate of drug-likeness (QED) is 0.457. The highest BCUT2D eigenvalue weighted by Crippen LogP contribution is 2.37. The van der Waals surface area contributed by atoms with Gasteiger partial charge in [0.25, 0.3) is 5.91 Å². The molecular formula is C21H14ClN3O4S. The minimum Gasteiger partial charge on any atom is -0.454 e. The fraction of sp³-hybridized carbons (Fsp3) is 0.0952. The number of carbonyl (C=O) groups excluding carboxylic acids is 1. The molecule has 30 heavy (non-hydrogen) atoms. The largest absolute Gasteiger partial charge is 0.454 e. The smallest absolute Gasteiger partial charge is 0.263 e. The Morgan fingerprint density at radius 2 is 2.00 bits per heavy atom. The summed E-state index contributed by atoms with van der Waals surface area (Å²) in [5, 5.41) is 9.67. The molecule has 150 valence electrons. The van der Waals surface area contributed by atoms with Gasteiger partial charge >= 0.3 is 0 Å². The predicted molar refractivity (Wildman–Crippen MR) is 113 cm³/mol. The number of aryl methyl sites for hydroxylation is 1. The van der Waals surface area contributed by atoms with Crippen LogP contribution in [-0.2, 0) is 0 Å². The van der Waals surface area contributed by atoms with Crippen molar-refractivity contribution >= 4 is 34.0 Å². The van der Waals surface area contributed by atoms with Gasteiger partial charge in [0, 0.05) is 16.5 Å². The fourth-order valence-electron chi connectivity index (χ4n) is 3.16. The molecule has 0 aliphatic carbocycles. The van der Waals surface area contributed by atoms with E-state index in [-0.39, 0.29) is 12.7 Å². The van der Waals surface area contributed by atoms with E-state index in [1.807, 2.05) is 35.7 Å². The molecule has 2 aromatic carbocycles. The molecule has 0 fully saturated rings. The van der Waals surface area contributed by atoms with Crippen LogP contribution in [0.5, 0.6) is 11.5 Å². The maximum atomic E-state index is 13.0. The van der Waals surface area contributed by atoms with Crippen LogP contribution in [0.2, 0.25) is 5.02 Å². The van der Waals surface area contributed by atoms with Crippen molar-refractivity contribution in [1.29, 1.82) is 0 Å². The van der Waals surface area contributed by atoms with E-state index in [1.54, 1.807) is 19.1 Å². The third kappa shape index (κ3) is 3.30. The van der Waals surface area contributed by atoms with Gasteiger partial charge in [-0.1, -0.05) is 35.0 Å². The van der Waals surface area contributed by atoms with Crippen LogP contribution in [0.1, 0.15) is 16.1 Å². The topological polar surface area (TPSA) is 86.5 Å². The van der Waals surface area contributed by atoms with Crippen LogP contribution in [0, 0.1) is 6.92 Å². The van der Waals surface area contributed by atoms with Crippen LogP contribution in [-0.4, -0.2) is 22.8 Å². The molecule has 3 heterocycles. The number of benzene rings is 2. The van der Waals surface area contributed by atoms with Gasteiger partial charge in [-0.15, -0.1) is 11.3 Å². The van der Waals surface area contributed by atoms with E-state index in [2.05, 4.69) is 15.5 Å². The summed E-state index contributed by atoms with van der Waals surface area (Å²) in [5.41, 5.74) is 2.93. The zero-order chi connectivity index (χ0) is 20.7. The molecule has 0 radical (unpaired) electrons. The van der Waals surface area contributed by atoms with Gasteiger partial charge in [-0.25, -0.2) is 4.98 Å². The molecule has 7 nitrogen and oxygen atoms in total. The Bertz CT molecular complexity index is 1270. The summed E-state index contributed by atoms with van der Waals surface area (Å²) in [6, 6.07) is 12.8. The van der Waals surface area contributed by atoms with Crippen molar-refractivity contribution in [3.05, 3.63) is 64.2 Å². The highest BCUT2D eigenvalue weighted by molar-refractivity contribution is 7.14. The van der Waals surface area contributed by atoms with Gasteiger partial charge in [0.1, 0.15) is 17.0 Å². The molecule has 1 aliphatic rings. The van der Waals surface area contributed by atoms with E-state index in [0.29, 0.717) is 44.2 Å². The summed E-state index contributed by atoms with van der Waals surface area (Å²) in [7, 11) is 0. The SMILES string of the molecule is Cc1onc(-c2ccccc2Cl)c1C(=O)Nc1nc(-c2ccc3c(c2)OCO3)cs1. The monoisotopic (exact) mass is 439 g/mol. The number of hydrogen-bond donors (Lipinski definition) is 1. The van der Waals surface area contributed by atoms with E-state index in [1.165, 1.54) is 11.3 Å². The molecule has 1 amide bonds. The normalized spacial score (nSPS) is 12.2. The number of thiazole rings is 1. The Balaban J connectivity index is 1.41. The predicted octanol–water partition coefficient (Wildman–Crippen LogP) is 5.41. The highest BCUT2D eigenvalue weighted by Gasteiger charge is 2.24. The summed E-state index contributed by atoms with van der Waals surface area (Å²) in [5.74, 6) is 1.42. The van der Waals surface area contributed by atoms with E-state index in [9.17, 15) is 4.79 Å².